The summed E-state index contributed by atoms with van der Waals surface area (Å²) in [6, 6.07) is 5.37. The standard InChI is InChI=1S/C16H20Cl3N3O2/c1-2-13(23)20-15(16(17,18)19)21-7-10-6-11(9-21)12-4-3-5-14(24)22(12)8-10/h3-5,10-11,15H,2,6-9H2,1H3,(H,20,23)/t10-,11+,15-/m0/s1. The molecule has 1 aromatic rings. The number of hydrogen-bond donors (Lipinski definition) is 1. The van der Waals surface area contributed by atoms with Crippen molar-refractivity contribution in [2.45, 2.75) is 42.2 Å². The van der Waals surface area contributed by atoms with Crippen LogP contribution in [0.25, 0.3) is 0 Å². The first-order chi connectivity index (χ1) is 11.3. The molecule has 0 radical (unpaired) electrons. The summed E-state index contributed by atoms with van der Waals surface area (Å²) < 4.78 is 0.234. The molecule has 2 aliphatic heterocycles. The highest BCUT2D eigenvalue weighted by Crippen LogP contribution is 2.39. The Bertz CT molecular complexity index is 686. The van der Waals surface area contributed by atoms with Crippen molar-refractivity contribution in [2.75, 3.05) is 13.1 Å². The molecule has 3 rings (SSSR count). The van der Waals surface area contributed by atoms with Gasteiger partial charge in [0.1, 0.15) is 6.17 Å². The highest BCUT2D eigenvalue weighted by Gasteiger charge is 2.43. The summed E-state index contributed by atoms with van der Waals surface area (Å²) in [5.41, 5.74) is 1.06. The number of likely N-dealkylation sites (tertiary alicyclic amines) is 1. The van der Waals surface area contributed by atoms with Crippen LogP contribution >= 0.6 is 34.8 Å². The van der Waals surface area contributed by atoms with Crippen molar-refractivity contribution in [1.29, 1.82) is 0 Å². The van der Waals surface area contributed by atoms with E-state index in [2.05, 4.69) is 5.32 Å². The van der Waals surface area contributed by atoms with Gasteiger partial charge >= 0.3 is 0 Å². The molecule has 1 aromatic heterocycles. The number of carbonyl (C=O) groups excluding carboxylic acids is 1. The van der Waals surface area contributed by atoms with Gasteiger partial charge in [0.05, 0.1) is 0 Å². The van der Waals surface area contributed by atoms with Crippen LogP contribution in [-0.4, -0.2) is 38.4 Å². The fraction of sp³-hybridized carbons (Fsp3) is 0.625. The van der Waals surface area contributed by atoms with E-state index in [-0.39, 0.29) is 17.4 Å². The lowest BCUT2D eigenvalue weighted by molar-refractivity contribution is -0.123. The zero-order chi connectivity index (χ0) is 17.5. The SMILES string of the molecule is CCC(=O)N[C@@H](N1C[C@@H]2C[C@H](C1)c1cccc(=O)n1C2)C(Cl)(Cl)Cl. The highest BCUT2D eigenvalue weighted by molar-refractivity contribution is 6.68. The number of alkyl halides is 3. The summed E-state index contributed by atoms with van der Waals surface area (Å²) in [5, 5.41) is 2.82. The molecule has 0 saturated carbocycles. The zero-order valence-electron chi connectivity index (χ0n) is 13.3. The fourth-order valence-electron chi connectivity index (χ4n) is 3.78. The number of piperidine rings is 1. The number of amides is 1. The maximum absolute atomic E-state index is 12.1. The van der Waals surface area contributed by atoms with Crippen molar-refractivity contribution in [1.82, 2.24) is 14.8 Å². The van der Waals surface area contributed by atoms with Gasteiger partial charge in [-0.3, -0.25) is 14.5 Å². The van der Waals surface area contributed by atoms with Crippen LogP contribution in [0.15, 0.2) is 23.0 Å². The van der Waals surface area contributed by atoms with E-state index in [4.69, 9.17) is 34.8 Å². The minimum atomic E-state index is -1.62. The van der Waals surface area contributed by atoms with Crippen LogP contribution in [0.2, 0.25) is 0 Å². The Hall–Kier alpha value is -0.750. The Morgan fingerprint density at radius 3 is 2.75 bits per heavy atom. The third-order valence-corrected chi connectivity index (χ3v) is 5.42. The Morgan fingerprint density at radius 2 is 2.08 bits per heavy atom. The number of pyridine rings is 1. The number of rotatable bonds is 3. The molecule has 3 heterocycles. The van der Waals surface area contributed by atoms with Crippen LogP contribution in [0.1, 0.15) is 31.4 Å². The molecule has 1 N–H and O–H groups in total. The van der Waals surface area contributed by atoms with Crippen molar-refractivity contribution in [3.05, 3.63) is 34.2 Å². The molecule has 1 fully saturated rings. The Labute approximate surface area is 155 Å². The molecule has 0 unspecified atom stereocenters. The lowest BCUT2D eigenvalue weighted by Gasteiger charge is -2.47. The van der Waals surface area contributed by atoms with Crippen LogP contribution in [0.4, 0.5) is 0 Å². The molecule has 1 saturated heterocycles. The maximum atomic E-state index is 12.1. The predicted molar refractivity (Wildman–Crippen MR) is 95.6 cm³/mol. The van der Waals surface area contributed by atoms with E-state index in [1.807, 2.05) is 15.5 Å². The molecule has 2 aliphatic rings. The molecule has 8 heteroatoms. The number of nitrogens with one attached hydrogen (secondary N) is 1. The molecule has 2 bridgehead atoms. The molecule has 1 amide bonds. The average molecular weight is 393 g/mol. The molecular formula is C16H20Cl3N3O2. The van der Waals surface area contributed by atoms with Gasteiger partial charge < -0.3 is 9.88 Å². The quantitative estimate of drug-likeness (QED) is 0.804. The summed E-state index contributed by atoms with van der Waals surface area (Å²) in [4.78, 5) is 26.0. The van der Waals surface area contributed by atoms with Gasteiger partial charge in [0.25, 0.3) is 5.56 Å². The Balaban J connectivity index is 1.87. The minimum Gasteiger partial charge on any atom is -0.337 e. The van der Waals surface area contributed by atoms with E-state index < -0.39 is 9.96 Å². The predicted octanol–water partition coefficient (Wildman–Crippen LogP) is 2.49. The summed E-state index contributed by atoms with van der Waals surface area (Å²) in [6.45, 7) is 3.75. The van der Waals surface area contributed by atoms with Gasteiger partial charge in [-0.05, 0) is 18.4 Å². The van der Waals surface area contributed by atoms with Gasteiger partial charge in [-0.1, -0.05) is 47.8 Å². The largest absolute Gasteiger partial charge is 0.337 e. The normalized spacial score (nSPS) is 25.0. The maximum Gasteiger partial charge on any atom is 0.250 e. The molecule has 0 aliphatic carbocycles. The van der Waals surface area contributed by atoms with Crippen LogP contribution in [0.5, 0.6) is 0 Å². The van der Waals surface area contributed by atoms with Gasteiger partial charge in [0, 0.05) is 43.7 Å². The van der Waals surface area contributed by atoms with E-state index in [1.54, 1.807) is 19.1 Å². The second-order valence-electron chi connectivity index (χ2n) is 6.52. The minimum absolute atomic E-state index is 0.0351. The van der Waals surface area contributed by atoms with Gasteiger partial charge in [-0.25, -0.2) is 0 Å². The highest BCUT2D eigenvalue weighted by atomic mass is 35.6. The smallest absolute Gasteiger partial charge is 0.250 e. The third kappa shape index (κ3) is 3.59. The van der Waals surface area contributed by atoms with Gasteiger partial charge in [-0.15, -0.1) is 0 Å². The molecule has 132 valence electrons. The Kier molecular flexibility index (Phi) is 5.17. The number of fused-ring (bicyclic) bond motifs is 4. The van der Waals surface area contributed by atoms with Crippen molar-refractivity contribution < 1.29 is 4.79 Å². The molecule has 24 heavy (non-hydrogen) atoms. The first kappa shape index (κ1) is 18.1. The summed E-state index contributed by atoms with van der Waals surface area (Å²) >= 11 is 18.4. The zero-order valence-corrected chi connectivity index (χ0v) is 15.6. The van der Waals surface area contributed by atoms with Crippen LogP contribution in [0.3, 0.4) is 0 Å². The second-order valence-corrected chi connectivity index (χ2v) is 8.89. The monoisotopic (exact) mass is 391 g/mol. The number of carbonyl (C=O) groups is 1. The molecule has 0 spiro atoms. The topological polar surface area (TPSA) is 54.3 Å². The fourth-order valence-corrected chi connectivity index (χ4v) is 4.36. The lowest BCUT2D eigenvalue weighted by Crippen LogP contribution is -2.60. The first-order valence-electron chi connectivity index (χ1n) is 8.09. The summed E-state index contributed by atoms with van der Waals surface area (Å²) in [7, 11) is 0. The Morgan fingerprint density at radius 1 is 1.33 bits per heavy atom. The van der Waals surface area contributed by atoms with Crippen molar-refractivity contribution in [2.24, 2.45) is 5.92 Å². The summed E-state index contributed by atoms with van der Waals surface area (Å²) in [6.07, 6.45) is 0.659. The van der Waals surface area contributed by atoms with E-state index in [0.717, 1.165) is 12.1 Å². The number of halogens is 3. The molecular weight excluding hydrogens is 373 g/mol. The van der Waals surface area contributed by atoms with Crippen molar-refractivity contribution >= 4 is 40.7 Å². The van der Waals surface area contributed by atoms with Crippen LogP contribution in [0, 0.1) is 5.92 Å². The molecule has 0 aromatic carbocycles. The van der Waals surface area contributed by atoms with E-state index in [1.165, 1.54) is 0 Å². The first-order valence-corrected chi connectivity index (χ1v) is 9.23. The molecule has 3 atom stereocenters. The van der Waals surface area contributed by atoms with E-state index in [9.17, 15) is 9.59 Å². The van der Waals surface area contributed by atoms with E-state index in [0.29, 0.717) is 32.0 Å². The average Bonchev–Trinajstić information content (AvgIpc) is 2.52. The number of nitrogens with zero attached hydrogens (tertiary/aromatic N) is 2. The van der Waals surface area contributed by atoms with Gasteiger partial charge in [-0.2, -0.15) is 0 Å². The number of aromatic nitrogens is 1. The van der Waals surface area contributed by atoms with Crippen molar-refractivity contribution in [3.8, 4) is 0 Å². The third-order valence-electron chi connectivity index (χ3n) is 4.80. The van der Waals surface area contributed by atoms with Crippen LogP contribution < -0.4 is 10.9 Å². The van der Waals surface area contributed by atoms with Gasteiger partial charge in [0.2, 0.25) is 9.70 Å². The lowest BCUT2D eigenvalue weighted by atomic mass is 9.83. The number of hydrogen-bond acceptors (Lipinski definition) is 3. The van der Waals surface area contributed by atoms with E-state index >= 15 is 0 Å². The van der Waals surface area contributed by atoms with Crippen molar-refractivity contribution in [3.63, 3.8) is 0 Å². The van der Waals surface area contributed by atoms with Gasteiger partial charge in [0.15, 0.2) is 0 Å². The summed E-state index contributed by atoms with van der Waals surface area (Å²) in [5.74, 6) is 0.336. The second kappa shape index (κ2) is 6.87. The van der Waals surface area contributed by atoms with Crippen LogP contribution in [-0.2, 0) is 11.3 Å². The molecule has 5 nitrogen and oxygen atoms in total.